The average molecular weight is 273 g/mol. The van der Waals surface area contributed by atoms with Crippen LogP contribution in [0.15, 0.2) is 0 Å². The third-order valence-electron chi connectivity index (χ3n) is 2.30. The van der Waals surface area contributed by atoms with Gasteiger partial charge in [-0.05, 0) is 12.8 Å². The summed E-state index contributed by atoms with van der Waals surface area (Å²) in [5.41, 5.74) is 0. The minimum absolute atomic E-state index is 0.230. The van der Waals surface area contributed by atoms with Gasteiger partial charge in [-0.2, -0.15) is 0 Å². The molecule has 0 aromatic heterocycles. The van der Waals surface area contributed by atoms with Crippen LogP contribution in [0.3, 0.4) is 0 Å². The summed E-state index contributed by atoms with van der Waals surface area (Å²) in [6.07, 6.45) is 3.17. The van der Waals surface area contributed by atoms with E-state index in [0.29, 0.717) is 12.8 Å². The van der Waals surface area contributed by atoms with E-state index in [1.165, 1.54) is 6.92 Å². The molecule has 0 aliphatic heterocycles. The zero-order valence-corrected chi connectivity index (χ0v) is 11.9. The van der Waals surface area contributed by atoms with Crippen LogP contribution < -0.4 is 5.32 Å². The van der Waals surface area contributed by atoms with Gasteiger partial charge in [-0.25, -0.2) is 9.59 Å². The molecule has 0 heterocycles. The predicted molar refractivity (Wildman–Crippen MR) is 69.3 cm³/mol. The van der Waals surface area contributed by atoms with Gasteiger partial charge in [0.05, 0.1) is 13.2 Å². The number of carbonyl (C=O) groups is 3. The number of rotatable bonds is 9. The van der Waals surface area contributed by atoms with Crippen molar-refractivity contribution in [2.75, 3.05) is 13.2 Å². The van der Waals surface area contributed by atoms with E-state index < -0.39 is 23.9 Å². The van der Waals surface area contributed by atoms with Gasteiger partial charge in [0.1, 0.15) is 0 Å². The van der Waals surface area contributed by atoms with E-state index in [0.717, 1.165) is 12.8 Å². The molecule has 0 aromatic rings. The minimum atomic E-state index is -1.37. The predicted octanol–water partition coefficient (Wildman–Crippen LogP) is 1.18. The highest BCUT2D eigenvalue weighted by atomic mass is 16.6. The molecule has 0 saturated carbocycles. The van der Waals surface area contributed by atoms with Crippen molar-refractivity contribution >= 4 is 17.8 Å². The third-order valence-corrected chi connectivity index (χ3v) is 2.30. The molecule has 0 aliphatic rings. The molecule has 0 saturated heterocycles. The van der Waals surface area contributed by atoms with Crippen LogP contribution in [0, 0.1) is 0 Å². The molecule has 0 fully saturated rings. The number of hydrogen-bond acceptors (Lipinski definition) is 5. The number of amides is 1. The Morgan fingerprint density at radius 2 is 1.37 bits per heavy atom. The fourth-order valence-corrected chi connectivity index (χ4v) is 1.22. The molecule has 1 N–H and O–H groups in total. The molecular weight excluding hydrogens is 250 g/mol. The van der Waals surface area contributed by atoms with E-state index in [4.69, 9.17) is 9.47 Å². The number of esters is 2. The summed E-state index contributed by atoms with van der Waals surface area (Å²) in [5.74, 6) is -2.03. The normalized spacial score (nSPS) is 10.1. The average Bonchev–Trinajstić information content (AvgIpc) is 2.36. The molecule has 0 aromatic carbocycles. The summed E-state index contributed by atoms with van der Waals surface area (Å²) in [5, 5.41) is 2.25. The van der Waals surface area contributed by atoms with Crippen molar-refractivity contribution in [3.63, 3.8) is 0 Å². The van der Waals surface area contributed by atoms with Crippen LogP contribution in [0.5, 0.6) is 0 Å². The first-order chi connectivity index (χ1) is 9.02. The van der Waals surface area contributed by atoms with Crippen LogP contribution in [0.2, 0.25) is 0 Å². The number of unbranched alkanes of at least 4 members (excludes halogenated alkanes) is 2. The summed E-state index contributed by atoms with van der Waals surface area (Å²) in [7, 11) is 0. The van der Waals surface area contributed by atoms with Gasteiger partial charge in [0.2, 0.25) is 11.9 Å². The van der Waals surface area contributed by atoms with Crippen molar-refractivity contribution in [3.05, 3.63) is 0 Å². The third kappa shape index (κ3) is 8.18. The monoisotopic (exact) mass is 273 g/mol. The highest BCUT2D eigenvalue weighted by Gasteiger charge is 2.30. The van der Waals surface area contributed by atoms with Gasteiger partial charge in [-0.1, -0.05) is 26.7 Å². The van der Waals surface area contributed by atoms with E-state index >= 15 is 0 Å². The molecule has 0 aliphatic carbocycles. The standard InChI is InChI=1S/C13H23NO5/c1-4-6-8-18-12(16)11(14-10(3)15)13(17)19-9-7-5-2/h11H,4-9H2,1-3H3,(H,14,15). The van der Waals surface area contributed by atoms with Crippen LogP contribution in [-0.2, 0) is 23.9 Å². The summed E-state index contributed by atoms with van der Waals surface area (Å²) >= 11 is 0. The van der Waals surface area contributed by atoms with E-state index in [2.05, 4.69) is 5.32 Å². The van der Waals surface area contributed by atoms with Crippen molar-refractivity contribution in [1.82, 2.24) is 5.32 Å². The zero-order chi connectivity index (χ0) is 14.7. The molecule has 0 radical (unpaired) electrons. The van der Waals surface area contributed by atoms with Crippen molar-refractivity contribution in [2.24, 2.45) is 0 Å². The molecule has 1 amide bonds. The highest BCUT2D eigenvalue weighted by Crippen LogP contribution is 1.98. The molecule has 0 bridgehead atoms. The number of nitrogens with one attached hydrogen (secondary N) is 1. The van der Waals surface area contributed by atoms with Gasteiger partial charge in [0.25, 0.3) is 0 Å². The molecule has 19 heavy (non-hydrogen) atoms. The lowest BCUT2D eigenvalue weighted by atomic mass is 10.3. The molecule has 0 atom stereocenters. The van der Waals surface area contributed by atoms with Crippen molar-refractivity contribution in [1.29, 1.82) is 0 Å². The largest absolute Gasteiger partial charge is 0.464 e. The lowest BCUT2D eigenvalue weighted by Gasteiger charge is -2.15. The SMILES string of the molecule is CCCCOC(=O)C(NC(C)=O)C(=O)OCCCC. The quantitative estimate of drug-likeness (QED) is 0.387. The summed E-state index contributed by atoms with van der Waals surface area (Å²) in [6.45, 7) is 5.60. The summed E-state index contributed by atoms with van der Waals surface area (Å²) in [4.78, 5) is 34.4. The molecular formula is C13H23NO5. The second-order valence-electron chi connectivity index (χ2n) is 4.18. The Bertz CT molecular complexity index is 281. The molecule has 6 nitrogen and oxygen atoms in total. The van der Waals surface area contributed by atoms with E-state index in [-0.39, 0.29) is 13.2 Å². The lowest BCUT2D eigenvalue weighted by molar-refractivity contribution is -0.160. The second-order valence-corrected chi connectivity index (χ2v) is 4.18. The van der Waals surface area contributed by atoms with Crippen molar-refractivity contribution in [3.8, 4) is 0 Å². The first-order valence-electron chi connectivity index (χ1n) is 6.63. The maximum absolute atomic E-state index is 11.7. The highest BCUT2D eigenvalue weighted by molar-refractivity contribution is 6.02. The minimum Gasteiger partial charge on any atom is -0.464 e. The van der Waals surface area contributed by atoms with Gasteiger partial charge in [0, 0.05) is 6.92 Å². The Labute approximate surface area is 113 Å². The fourth-order valence-electron chi connectivity index (χ4n) is 1.22. The van der Waals surface area contributed by atoms with Crippen LogP contribution in [0.4, 0.5) is 0 Å². The second kappa shape index (κ2) is 10.3. The zero-order valence-electron chi connectivity index (χ0n) is 11.9. The van der Waals surface area contributed by atoms with E-state index in [9.17, 15) is 14.4 Å². The van der Waals surface area contributed by atoms with Gasteiger partial charge in [-0.3, -0.25) is 4.79 Å². The Morgan fingerprint density at radius 3 is 1.68 bits per heavy atom. The summed E-state index contributed by atoms with van der Waals surface area (Å²) < 4.78 is 9.84. The van der Waals surface area contributed by atoms with Gasteiger partial charge < -0.3 is 14.8 Å². The molecule has 110 valence electrons. The van der Waals surface area contributed by atoms with Crippen LogP contribution in [0.1, 0.15) is 46.5 Å². The summed E-state index contributed by atoms with van der Waals surface area (Å²) in [6, 6.07) is -1.37. The first-order valence-corrected chi connectivity index (χ1v) is 6.63. The smallest absolute Gasteiger partial charge is 0.340 e. The Kier molecular flexibility index (Phi) is 9.48. The Morgan fingerprint density at radius 1 is 0.947 bits per heavy atom. The lowest BCUT2D eigenvalue weighted by Crippen LogP contribution is -2.47. The van der Waals surface area contributed by atoms with Gasteiger partial charge in [-0.15, -0.1) is 0 Å². The number of carbonyl (C=O) groups excluding carboxylic acids is 3. The number of ether oxygens (including phenoxy) is 2. The van der Waals surface area contributed by atoms with E-state index in [1.807, 2.05) is 13.8 Å². The van der Waals surface area contributed by atoms with Crippen molar-refractivity contribution < 1.29 is 23.9 Å². The topological polar surface area (TPSA) is 81.7 Å². The molecule has 0 spiro atoms. The molecule has 0 rings (SSSR count). The van der Waals surface area contributed by atoms with E-state index in [1.54, 1.807) is 0 Å². The fraction of sp³-hybridized carbons (Fsp3) is 0.769. The van der Waals surface area contributed by atoms with Gasteiger partial charge >= 0.3 is 11.9 Å². The van der Waals surface area contributed by atoms with Gasteiger partial charge in [0.15, 0.2) is 0 Å². The van der Waals surface area contributed by atoms with Crippen molar-refractivity contribution in [2.45, 2.75) is 52.5 Å². The Hall–Kier alpha value is -1.59. The molecule has 6 heteroatoms. The van der Waals surface area contributed by atoms with Crippen LogP contribution in [-0.4, -0.2) is 37.1 Å². The van der Waals surface area contributed by atoms with Crippen LogP contribution in [0.25, 0.3) is 0 Å². The Balaban J connectivity index is 4.38. The maximum atomic E-state index is 11.7. The molecule has 0 unspecified atom stereocenters. The van der Waals surface area contributed by atoms with Crippen LogP contribution >= 0.6 is 0 Å². The first kappa shape index (κ1) is 17.4. The number of hydrogen-bond donors (Lipinski definition) is 1. The maximum Gasteiger partial charge on any atom is 0.340 e.